The topological polar surface area (TPSA) is 95.9 Å². The molecule has 3 N–H and O–H groups in total. The number of carbonyl (C=O) groups is 2. The first-order chi connectivity index (χ1) is 28.5. The highest BCUT2D eigenvalue weighted by Crippen LogP contribution is 2.18. The van der Waals surface area contributed by atoms with Crippen molar-refractivity contribution in [2.24, 2.45) is 0 Å². The van der Waals surface area contributed by atoms with Crippen LogP contribution >= 0.6 is 0 Å². The number of hydrogen-bond donors (Lipinski definition) is 3. The summed E-state index contributed by atoms with van der Waals surface area (Å²) in [5.74, 6) is -0.491. The lowest BCUT2D eigenvalue weighted by molar-refractivity contribution is -0.151. The van der Waals surface area contributed by atoms with Crippen molar-refractivity contribution >= 4 is 11.9 Å². The Kier molecular flexibility index (Phi) is 44.6. The normalized spacial score (nSPS) is 13.5. The Balaban J connectivity index is 4.56. The summed E-state index contributed by atoms with van der Waals surface area (Å²) in [6, 6.07) is -0.701. The first kappa shape index (κ1) is 56.1. The van der Waals surface area contributed by atoms with Crippen molar-refractivity contribution in [2.45, 2.75) is 277 Å². The highest BCUT2D eigenvalue weighted by atomic mass is 16.5. The van der Waals surface area contributed by atoms with Crippen LogP contribution in [0.3, 0.4) is 0 Å². The lowest BCUT2D eigenvalue weighted by Crippen LogP contribution is -2.46. The van der Waals surface area contributed by atoms with E-state index in [4.69, 9.17) is 4.74 Å². The van der Waals surface area contributed by atoms with Gasteiger partial charge in [-0.1, -0.05) is 218 Å². The van der Waals surface area contributed by atoms with Gasteiger partial charge in [-0.2, -0.15) is 0 Å². The molecule has 58 heavy (non-hydrogen) atoms. The fraction of sp³-hybridized carbons (Fsp3) is 0.846. The molecule has 6 heteroatoms. The zero-order valence-electron chi connectivity index (χ0n) is 38.7. The zero-order chi connectivity index (χ0) is 42.4. The predicted molar refractivity (Wildman–Crippen MR) is 250 cm³/mol. The number of esters is 1. The van der Waals surface area contributed by atoms with Gasteiger partial charge in [-0.25, -0.2) is 0 Å². The minimum Gasteiger partial charge on any atom is -0.462 e. The molecule has 0 saturated heterocycles. The van der Waals surface area contributed by atoms with Gasteiger partial charge < -0.3 is 20.3 Å². The molecular formula is C52H97NO5. The van der Waals surface area contributed by atoms with Crippen LogP contribution in [0.2, 0.25) is 0 Å². The van der Waals surface area contributed by atoms with E-state index in [1.807, 2.05) is 0 Å². The highest BCUT2D eigenvalue weighted by molar-refractivity contribution is 5.77. The van der Waals surface area contributed by atoms with E-state index in [0.717, 1.165) is 77.0 Å². The fourth-order valence-electron chi connectivity index (χ4n) is 7.61. The second kappa shape index (κ2) is 46.2. The van der Waals surface area contributed by atoms with Gasteiger partial charge in [0.15, 0.2) is 0 Å². The van der Waals surface area contributed by atoms with Crippen molar-refractivity contribution in [2.75, 3.05) is 6.61 Å². The van der Waals surface area contributed by atoms with E-state index in [9.17, 15) is 19.8 Å². The summed E-state index contributed by atoms with van der Waals surface area (Å²) in [6.45, 7) is 6.44. The molecule has 0 heterocycles. The van der Waals surface area contributed by atoms with E-state index in [1.54, 1.807) is 0 Å². The number of aliphatic hydroxyl groups excluding tert-OH is 2. The monoisotopic (exact) mass is 816 g/mol. The van der Waals surface area contributed by atoms with Gasteiger partial charge >= 0.3 is 5.97 Å². The second-order valence-electron chi connectivity index (χ2n) is 17.2. The molecule has 0 aromatic rings. The Morgan fingerprint density at radius 1 is 0.500 bits per heavy atom. The standard InChI is InChI=1S/C52H97NO5/c1-4-7-10-13-16-19-22-23-24-25-26-27-30-33-36-39-42-45-52(57)58-48(43-40-37-34-31-28-20-17-14-11-8-5-2)46-51(56)53-49(47-54)50(55)44-41-38-35-32-29-21-18-15-12-9-6-3/h16,19,23-24,26-27,48-50,54-55H,4-15,17-18,20-22,25,28-47H2,1-3H3,(H,53,56)/b19-16-,24-23-,27-26-. The number of amides is 1. The SMILES string of the molecule is CCCCC/C=C\C/C=C\C/C=C\CCCCCCC(=O)OC(CCCCCCCCCCCCC)CC(=O)NC(CO)C(O)CCCCCCCCCCCCC. The molecule has 3 unspecified atom stereocenters. The number of rotatable bonds is 45. The zero-order valence-corrected chi connectivity index (χ0v) is 38.7. The maximum absolute atomic E-state index is 13.2. The van der Waals surface area contributed by atoms with Gasteiger partial charge in [0.05, 0.1) is 25.2 Å². The van der Waals surface area contributed by atoms with E-state index in [-0.39, 0.29) is 24.9 Å². The van der Waals surface area contributed by atoms with Gasteiger partial charge in [0.25, 0.3) is 0 Å². The van der Waals surface area contributed by atoms with Crippen LogP contribution in [-0.4, -0.2) is 46.9 Å². The van der Waals surface area contributed by atoms with Crippen LogP contribution in [0.4, 0.5) is 0 Å². The van der Waals surface area contributed by atoms with E-state index >= 15 is 0 Å². The van der Waals surface area contributed by atoms with Gasteiger partial charge in [0, 0.05) is 6.42 Å². The molecule has 3 atom stereocenters. The fourth-order valence-corrected chi connectivity index (χ4v) is 7.61. The molecule has 0 aromatic carbocycles. The van der Waals surface area contributed by atoms with Crippen LogP contribution < -0.4 is 5.32 Å². The van der Waals surface area contributed by atoms with Crippen molar-refractivity contribution < 1.29 is 24.5 Å². The summed E-state index contributed by atoms with van der Waals surface area (Å²) >= 11 is 0. The first-order valence-electron chi connectivity index (χ1n) is 25.2. The van der Waals surface area contributed by atoms with Gasteiger partial charge in [-0.3, -0.25) is 9.59 Å². The average molecular weight is 816 g/mol. The van der Waals surface area contributed by atoms with Crippen LogP contribution in [0.15, 0.2) is 36.5 Å². The van der Waals surface area contributed by atoms with Gasteiger partial charge in [0.2, 0.25) is 5.91 Å². The summed E-state index contributed by atoms with van der Waals surface area (Å²) in [5.41, 5.74) is 0. The Hall–Kier alpha value is -1.92. The number of nitrogens with one attached hydrogen (secondary N) is 1. The van der Waals surface area contributed by atoms with Crippen LogP contribution in [-0.2, 0) is 14.3 Å². The van der Waals surface area contributed by atoms with E-state index in [0.29, 0.717) is 19.3 Å². The smallest absolute Gasteiger partial charge is 0.306 e. The largest absolute Gasteiger partial charge is 0.462 e. The first-order valence-corrected chi connectivity index (χ1v) is 25.2. The Morgan fingerprint density at radius 2 is 0.879 bits per heavy atom. The van der Waals surface area contributed by atoms with Crippen LogP contribution in [0.1, 0.15) is 258 Å². The minimum absolute atomic E-state index is 0.0719. The van der Waals surface area contributed by atoms with Gasteiger partial charge in [-0.15, -0.1) is 0 Å². The third kappa shape index (κ3) is 40.8. The Bertz CT molecular complexity index is 961. The molecule has 0 radical (unpaired) electrons. The lowest BCUT2D eigenvalue weighted by Gasteiger charge is -2.24. The minimum atomic E-state index is -0.787. The Labute approximate surface area is 360 Å². The number of allylic oxidation sites excluding steroid dienone is 6. The molecule has 340 valence electrons. The van der Waals surface area contributed by atoms with Gasteiger partial charge in [-0.05, 0) is 64.2 Å². The summed E-state index contributed by atoms with van der Waals surface area (Å²) < 4.78 is 5.92. The van der Waals surface area contributed by atoms with Gasteiger partial charge in [0.1, 0.15) is 6.10 Å². The summed E-state index contributed by atoms with van der Waals surface area (Å²) in [4.78, 5) is 26.1. The number of unbranched alkanes of at least 4 members (excludes halogenated alkanes) is 27. The Morgan fingerprint density at radius 3 is 1.36 bits per heavy atom. The molecule has 0 aromatic heterocycles. The molecule has 0 fully saturated rings. The molecule has 0 aliphatic carbocycles. The van der Waals surface area contributed by atoms with Crippen LogP contribution in [0.5, 0.6) is 0 Å². The third-order valence-corrected chi connectivity index (χ3v) is 11.5. The molecular weight excluding hydrogens is 719 g/mol. The molecule has 0 rings (SSSR count). The molecule has 0 bridgehead atoms. The number of ether oxygens (including phenoxy) is 1. The number of carbonyl (C=O) groups excluding carboxylic acids is 2. The quantitative estimate of drug-likeness (QED) is 0.0323. The molecule has 0 saturated carbocycles. The maximum atomic E-state index is 13.2. The second-order valence-corrected chi connectivity index (χ2v) is 17.2. The van der Waals surface area contributed by atoms with Crippen LogP contribution in [0.25, 0.3) is 0 Å². The van der Waals surface area contributed by atoms with Crippen LogP contribution in [0, 0.1) is 0 Å². The van der Waals surface area contributed by atoms with E-state index in [1.165, 1.54) is 135 Å². The lowest BCUT2D eigenvalue weighted by atomic mass is 10.0. The van der Waals surface area contributed by atoms with E-state index < -0.39 is 18.2 Å². The number of hydrogen-bond acceptors (Lipinski definition) is 5. The van der Waals surface area contributed by atoms with Crippen molar-refractivity contribution in [3.8, 4) is 0 Å². The van der Waals surface area contributed by atoms with Crippen molar-refractivity contribution in [3.05, 3.63) is 36.5 Å². The molecule has 0 aliphatic rings. The maximum Gasteiger partial charge on any atom is 0.306 e. The van der Waals surface area contributed by atoms with Crippen molar-refractivity contribution in [3.63, 3.8) is 0 Å². The molecule has 6 nitrogen and oxygen atoms in total. The van der Waals surface area contributed by atoms with Crippen molar-refractivity contribution in [1.29, 1.82) is 0 Å². The highest BCUT2D eigenvalue weighted by Gasteiger charge is 2.24. The summed E-state index contributed by atoms with van der Waals surface area (Å²) in [5, 5.41) is 23.7. The molecule has 0 aliphatic heterocycles. The molecule has 1 amide bonds. The predicted octanol–water partition coefficient (Wildman–Crippen LogP) is 14.9. The van der Waals surface area contributed by atoms with E-state index in [2.05, 4.69) is 62.5 Å². The third-order valence-electron chi connectivity index (χ3n) is 11.5. The average Bonchev–Trinajstić information content (AvgIpc) is 3.22. The summed E-state index contributed by atoms with van der Waals surface area (Å²) in [7, 11) is 0. The van der Waals surface area contributed by atoms with Crippen molar-refractivity contribution in [1.82, 2.24) is 5.32 Å². The molecule has 0 spiro atoms. The summed E-state index contributed by atoms with van der Waals surface area (Å²) in [6.07, 6.45) is 53.4. The number of aliphatic hydroxyl groups is 2.